The van der Waals surface area contributed by atoms with Gasteiger partial charge in [-0.25, -0.2) is 0 Å². The van der Waals surface area contributed by atoms with Crippen LogP contribution >= 0.6 is 11.3 Å². The second-order valence-electron chi connectivity index (χ2n) is 3.15. The number of nitrogens with one attached hydrogen (secondary N) is 1. The molecule has 0 aromatic carbocycles. The molecule has 0 spiro atoms. The van der Waals surface area contributed by atoms with Crippen LogP contribution in [0, 0.1) is 0 Å². The maximum absolute atomic E-state index is 5.25. The van der Waals surface area contributed by atoms with E-state index in [9.17, 15) is 0 Å². The normalized spacial score (nSPS) is 10.5. The zero-order chi connectivity index (χ0) is 10.9. The lowest BCUT2D eigenvalue weighted by Crippen LogP contribution is -2.15. The first-order valence-electron chi connectivity index (χ1n) is 5.28. The lowest BCUT2D eigenvalue weighted by molar-refractivity contribution is 0.144. The highest BCUT2D eigenvalue weighted by atomic mass is 32.1. The molecule has 1 aromatic heterocycles. The maximum Gasteiger partial charge on any atom is 0.173 e. The van der Waals surface area contributed by atoms with Crippen molar-refractivity contribution in [2.75, 3.05) is 26.9 Å². The smallest absolute Gasteiger partial charge is 0.173 e. The van der Waals surface area contributed by atoms with Crippen LogP contribution in [0.2, 0.25) is 0 Å². The first-order chi connectivity index (χ1) is 7.36. The van der Waals surface area contributed by atoms with E-state index in [1.54, 1.807) is 18.4 Å². The number of ether oxygens (including phenoxy) is 2. The van der Waals surface area contributed by atoms with Crippen LogP contribution in [-0.2, 0) is 11.3 Å². The predicted molar refractivity (Wildman–Crippen MR) is 63.7 cm³/mol. The van der Waals surface area contributed by atoms with Crippen molar-refractivity contribution >= 4 is 11.3 Å². The van der Waals surface area contributed by atoms with Gasteiger partial charge in [0, 0.05) is 24.6 Å². The lowest BCUT2D eigenvalue weighted by atomic mass is 10.4. The average molecular weight is 229 g/mol. The van der Waals surface area contributed by atoms with Gasteiger partial charge >= 0.3 is 0 Å². The molecule has 1 aromatic rings. The Morgan fingerprint density at radius 1 is 1.40 bits per heavy atom. The quantitative estimate of drug-likeness (QED) is 0.694. The molecule has 0 saturated carbocycles. The fraction of sp³-hybridized carbons (Fsp3) is 0.636. The van der Waals surface area contributed by atoms with Crippen molar-refractivity contribution in [3.63, 3.8) is 0 Å². The Morgan fingerprint density at radius 2 is 2.27 bits per heavy atom. The van der Waals surface area contributed by atoms with Crippen LogP contribution in [0.5, 0.6) is 5.06 Å². The summed E-state index contributed by atoms with van der Waals surface area (Å²) in [6.07, 6.45) is 1.07. The molecule has 1 rings (SSSR count). The second-order valence-corrected chi connectivity index (χ2v) is 4.28. The first-order valence-corrected chi connectivity index (χ1v) is 6.09. The van der Waals surface area contributed by atoms with E-state index in [0.717, 1.165) is 37.8 Å². The molecule has 0 bridgehead atoms. The second kappa shape index (κ2) is 7.68. The third-order valence-corrected chi connectivity index (χ3v) is 3.03. The largest absolute Gasteiger partial charge is 0.487 e. The molecule has 0 aliphatic carbocycles. The summed E-state index contributed by atoms with van der Waals surface area (Å²) < 4.78 is 10.4. The van der Waals surface area contributed by atoms with Crippen molar-refractivity contribution in [2.24, 2.45) is 0 Å². The lowest BCUT2D eigenvalue weighted by Gasteiger charge is -2.02. The third-order valence-electron chi connectivity index (χ3n) is 1.98. The Labute approximate surface area is 95.4 Å². The Kier molecular flexibility index (Phi) is 6.39. The number of thiophene rings is 1. The van der Waals surface area contributed by atoms with Crippen molar-refractivity contribution in [1.82, 2.24) is 5.32 Å². The van der Waals surface area contributed by atoms with Crippen LogP contribution < -0.4 is 10.1 Å². The van der Waals surface area contributed by atoms with E-state index in [4.69, 9.17) is 9.47 Å². The van der Waals surface area contributed by atoms with E-state index in [1.807, 2.05) is 13.0 Å². The van der Waals surface area contributed by atoms with Gasteiger partial charge in [0.05, 0.1) is 7.11 Å². The number of rotatable bonds is 8. The molecule has 0 unspecified atom stereocenters. The molecule has 0 aliphatic heterocycles. The summed E-state index contributed by atoms with van der Waals surface area (Å²) >= 11 is 1.69. The fourth-order valence-corrected chi connectivity index (χ4v) is 2.01. The van der Waals surface area contributed by atoms with E-state index in [-0.39, 0.29) is 0 Å². The Hall–Kier alpha value is -0.580. The zero-order valence-corrected chi connectivity index (χ0v) is 10.2. The van der Waals surface area contributed by atoms with E-state index in [0.29, 0.717) is 0 Å². The predicted octanol–water partition coefficient (Wildman–Crippen LogP) is 2.27. The molecule has 0 fully saturated rings. The number of hydrogen-bond donors (Lipinski definition) is 1. The topological polar surface area (TPSA) is 30.5 Å². The van der Waals surface area contributed by atoms with Gasteiger partial charge in [0.1, 0.15) is 0 Å². The molecule has 86 valence electrons. The summed E-state index contributed by atoms with van der Waals surface area (Å²) in [5, 5.41) is 4.35. The Balaban J connectivity index is 2.04. The highest BCUT2D eigenvalue weighted by Crippen LogP contribution is 2.23. The van der Waals surface area contributed by atoms with E-state index >= 15 is 0 Å². The van der Waals surface area contributed by atoms with Crippen LogP contribution in [0.1, 0.15) is 18.2 Å². The summed E-state index contributed by atoms with van der Waals surface area (Å²) in [6.45, 7) is 5.59. The summed E-state index contributed by atoms with van der Waals surface area (Å²) in [6, 6.07) is 4.10. The van der Waals surface area contributed by atoms with Crippen molar-refractivity contribution in [3.05, 3.63) is 17.0 Å². The van der Waals surface area contributed by atoms with Gasteiger partial charge in [-0.1, -0.05) is 0 Å². The van der Waals surface area contributed by atoms with E-state index < -0.39 is 0 Å². The molecule has 0 aliphatic rings. The third kappa shape index (κ3) is 5.16. The monoisotopic (exact) mass is 229 g/mol. The van der Waals surface area contributed by atoms with Crippen molar-refractivity contribution < 1.29 is 9.47 Å². The van der Waals surface area contributed by atoms with Crippen LogP contribution in [0.4, 0.5) is 0 Å². The van der Waals surface area contributed by atoms with E-state index in [2.05, 4.69) is 11.4 Å². The van der Waals surface area contributed by atoms with Gasteiger partial charge in [0.25, 0.3) is 0 Å². The van der Waals surface area contributed by atoms with Crippen molar-refractivity contribution in [1.29, 1.82) is 0 Å². The Morgan fingerprint density at radius 3 is 2.93 bits per heavy atom. The highest BCUT2D eigenvalue weighted by Gasteiger charge is 1.98. The number of methoxy groups -OCH3 is 1. The molecule has 0 saturated heterocycles. The van der Waals surface area contributed by atoms with Gasteiger partial charge < -0.3 is 14.8 Å². The molecule has 1 heterocycles. The molecule has 1 N–H and O–H groups in total. The van der Waals surface area contributed by atoms with Crippen LogP contribution in [-0.4, -0.2) is 26.9 Å². The van der Waals surface area contributed by atoms with Crippen LogP contribution in [0.15, 0.2) is 12.1 Å². The van der Waals surface area contributed by atoms with Gasteiger partial charge in [-0.05, 0) is 32.0 Å². The standard InChI is InChI=1S/C11H19NO2S/c1-3-14-8-4-7-12-9-10-5-6-11(13-2)15-10/h5-6,12H,3-4,7-9H2,1-2H3. The zero-order valence-electron chi connectivity index (χ0n) is 9.41. The molecule has 4 heteroatoms. The molecule has 3 nitrogen and oxygen atoms in total. The summed E-state index contributed by atoms with van der Waals surface area (Å²) in [4.78, 5) is 1.31. The Bertz CT molecular complexity index is 263. The molecule has 0 radical (unpaired) electrons. The molecule has 15 heavy (non-hydrogen) atoms. The summed E-state index contributed by atoms with van der Waals surface area (Å²) in [7, 11) is 1.70. The van der Waals surface area contributed by atoms with Gasteiger partial charge in [0.2, 0.25) is 0 Å². The maximum atomic E-state index is 5.25. The average Bonchev–Trinajstić information content (AvgIpc) is 2.71. The molecule has 0 atom stereocenters. The SMILES string of the molecule is CCOCCCNCc1ccc(OC)s1. The van der Waals surface area contributed by atoms with Gasteiger partial charge in [-0.2, -0.15) is 0 Å². The summed E-state index contributed by atoms with van der Waals surface area (Å²) in [5.41, 5.74) is 0. The van der Waals surface area contributed by atoms with Gasteiger partial charge in [0.15, 0.2) is 5.06 Å². The van der Waals surface area contributed by atoms with Crippen LogP contribution in [0.25, 0.3) is 0 Å². The molecular weight excluding hydrogens is 210 g/mol. The highest BCUT2D eigenvalue weighted by molar-refractivity contribution is 7.13. The minimum Gasteiger partial charge on any atom is -0.487 e. The molecular formula is C11H19NO2S. The fourth-order valence-electron chi connectivity index (χ4n) is 1.22. The number of hydrogen-bond acceptors (Lipinski definition) is 4. The minimum atomic E-state index is 0.808. The minimum absolute atomic E-state index is 0.808. The van der Waals surface area contributed by atoms with Crippen molar-refractivity contribution in [2.45, 2.75) is 19.9 Å². The van der Waals surface area contributed by atoms with Gasteiger partial charge in [-0.3, -0.25) is 0 Å². The summed E-state index contributed by atoms with van der Waals surface area (Å²) in [5.74, 6) is 0. The van der Waals surface area contributed by atoms with Crippen molar-refractivity contribution in [3.8, 4) is 5.06 Å². The first kappa shape index (κ1) is 12.5. The van der Waals surface area contributed by atoms with E-state index in [1.165, 1.54) is 4.88 Å². The molecule has 0 amide bonds. The van der Waals surface area contributed by atoms with Gasteiger partial charge in [-0.15, -0.1) is 11.3 Å². The van der Waals surface area contributed by atoms with Crippen LogP contribution in [0.3, 0.4) is 0 Å².